The Balaban J connectivity index is 1.65. The molecule has 2 aromatic rings. The van der Waals surface area contributed by atoms with E-state index in [4.69, 9.17) is 15.3 Å². The van der Waals surface area contributed by atoms with E-state index in [1.165, 1.54) is 12.8 Å². The van der Waals surface area contributed by atoms with Gasteiger partial charge in [0.15, 0.2) is 5.65 Å². The second-order valence-electron chi connectivity index (χ2n) is 6.68. The fourth-order valence-corrected chi connectivity index (χ4v) is 3.67. The van der Waals surface area contributed by atoms with Crippen LogP contribution in [0.5, 0.6) is 0 Å². The summed E-state index contributed by atoms with van der Waals surface area (Å²) in [6, 6.07) is 4.82. The average molecular weight is 310 g/mol. The van der Waals surface area contributed by atoms with E-state index in [1.807, 2.05) is 4.52 Å². The number of nitriles is 1. The van der Waals surface area contributed by atoms with Crippen molar-refractivity contribution in [3.05, 3.63) is 23.5 Å². The zero-order valence-electron chi connectivity index (χ0n) is 13.5. The maximum atomic E-state index is 9.10. The molecule has 4 rings (SSSR count). The quantitative estimate of drug-likeness (QED) is 0.921. The molecule has 2 atom stereocenters. The van der Waals surface area contributed by atoms with Crippen LogP contribution in [0.3, 0.4) is 0 Å². The lowest BCUT2D eigenvalue weighted by atomic mass is 10.0. The smallest absolute Gasteiger partial charge is 0.157 e. The van der Waals surface area contributed by atoms with Crippen LogP contribution in [-0.2, 0) is 0 Å². The molecule has 23 heavy (non-hydrogen) atoms. The molecule has 1 N–H and O–H groups in total. The topological polar surface area (TPSA) is 69.2 Å². The summed E-state index contributed by atoms with van der Waals surface area (Å²) in [5.41, 5.74) is 3.10. The molecule has 2 fully saturated rings. The molecule has 6 nitrogen and oxygen atoms in total. The maximum absolute atomic E-state index is 9.10. The van der Waals surface area contributed by atoms with E-state index in [-0.39, 0.29) is 5.92 Å². The van der Waals surface area contributed by atoms with E-state index < -0.39 is 0 Å². The molecule has 0 amide bonds. The number of rotatable bonds is 2. The van der Waals surface area contributed by atoms with Crippen LogP contribution >= 0.6 is 0 Å². The lowest BCUT2D eigenvalue weighted by molar-refractivity contribution is 0.404. The van der Waals surface area contributed by atoms with Crippen molar-refractivity contribution in [1.82, 2.24) is 19.9 Å². The summed E-state index contributed by atoms with van der Waals surface area (Å²) in [6.07, 6.45) is 6.64. The summed E-state index contributed by atoms with van der Waals surface area (Å²) in [5, 5.41) is 17.4. The average Bonchev–Trinajstić information content (AvgIpc) is 3.21. The molecule has 0 spiro atoms. The SMILES string of the molecule is Cc1cn2nc(C3CCCCN3)cc2nc1N1CCC(C#N)C1. The Morgan fingerprint density at radius 3 is 3.00 bits per heavy atom. The normalized spacial score (nSPS) is 25.0. The van der Waals surface area contributed by atoms with Crippen molar-refractivity contribution in [2.75, 3.05) is 24.5 Å². The first-order valence-corrected chi connectivity index (χ1v) is 8.49. The summed E-state index contributed by atoms with van der Waals surface area (Å²) in [5.74, 6) is 1.12. The van der Waals surface area contributed by atoms with Crippen molar-refractivity contribution in [3.63, 3.8) is 0 Å². The van der Waals surface area contributed by atoms with Gasteiger partial charge in [-0.25, -0.2) is 9.50 Å². The lowest BCUT2D eigenvalue weighted by Gasteiger charge is -2.21. The van der Waals surface area contributed by atoms with Crippen LogP contribution < -0.4 is 10.2 Å². The monoisotopic (exact) mass is 310 g/mol. The number of piperidine rings is 1. The predicted molar refractivity (Wildman–Crippen MR) is 88.3 cm³/mol. The maximum Gasteiger partial charge on any atom is 0.157 e. The molecule has 120 valence electrons. The highest BCUT2D eigenvalue weighted by atomic mass is 15.3. The molecule has 6 heteroatoms. The molecule has 0 aromatic carbocycles. The van der Waals surface area contributed by atoms with Gasteiger partial charge in [0.05, 0.1) is 23.7 Å². The Kier molecular flexibility index (Phi) is 3.66. The number of nitrogens with one attached hydrogen (secondary N) is 1. The van der Waals surface area contributed by atoms with Crippen LogP contribution in [0.15, 0.2) is 12.3 Å². The van der Waals surface area contributed by atoms with E-state index in [0.29, 0.717) is 6.04 Å². The third-order valence-corrected chi connectivity index (χ3v) is 4.96. The molecule has 2 saturated heterocycles. The van der Waals surface area contributed by atoms with Crippen molar-refractivity contribution in [2.45, 2.75) is 38.6 Å². The fraction of sp³-hybridized carbons (Fsp3) is 0.588. The van der Waals surface area contributed by atoms with Gasteiger partial charge >= 0.3 is 0 Å². The van der Waals surface area contributed by atoms with Gasteiger partial charge in [-0.15, -0.1) is 0 Å². The fourth-order valence-electron chi connectivity index (χ4n) is 3.67. The Morgan fingerprint density at radius 2 is 2.26 bits per heavy atom. The minimum Gasteiger partial charge on any atom is -0.355 e. The first-order chi connectivity index (χ1) is 11.2. The second-order valence-corrected chi connectivity index (χ2v) is 6.68. The molecular weight excluding hydrogens is 288 g/mol. The molecule has 0 radical (unpaired) electrons. The highest BCUT2D eigenvalue weighted by Crippen LogP contribution is 2.27. The summed E-state index contributed by atoms with van der Waals surface area (Å²) in [6.45, 7) is 4.83. The van der Waals surface area contributed by atoms with Crippen molar-refractivity contribution in [2.24, 2.45) is 5.92 Å². The zero-order valence-corrected chi connectivity index (χ0v) is 13.5. The summed E-state index contributed by atoms with van der Waals surface area (Å²) in [4.78, 5) is 7.06. The molecule has 0 bridgehead atoms. The highest BCUT2D eigenvalue weighted by molar-refractivity contribution is 5.54. The summed E-state index contributed by atoms with van der Waals surface area (Å²) in [7, 11) is 0. The molecule has 2 unspecified atom stereocenters. The van der Waals surface area contributed by atoms with E-state index in [2.05, 4.69) is 35.5 Å². The largest absolute Gasteiger partial charge is 0.355 e. The van der Waals surface area contributed by atoms with Crippen LogP contribution in [0.1, 0.15) is 43.0 Å². The van der Waals surface area contributed by atoms with Gasteiger partial charge in [0.2, 0.25) is 0 Å². The number of anilines is 1. The van der Waals surface area contributed by atoms with Crippen molar-refractivity contribution in [3.8, 4) is 6.07 Å². The standard InChI is InChI=1S/C17H22N6/c1-12-10-23-16(8-15(21-23)14-4-2-3-6-19-14)20-17(12)22-7-5-13(9-18)11-22/h8,10,13-14,19H,2-7,11H2,1H3. The van der Waals surface area contributed by atoms with Gasteiger partial charge in [0.1, 0.15) is 5.82 Å². The zero-order chi connectivity index (χ0) is 15.8. The van der Waals surface area contributed by atoms with Crippen LogP contribution in [0.2, 0.25) is 0 Å². The van der Waals surface area contributed by atoms with Gasteiger partial charge in [-0.3, -0.25) is 0 Å². The Hall–Kier alpha value is -2.13. The minimum absolute atomic E-state index is 0.124. The van der Waals surface area contributed by atoms with Crippen LogP contribution in [0, 0.1) is 24.2 Å². The Morgan fingerprint density at radius 1 is 1.35 bits per heavy atom. The number of hydrogen-bond donors (Lipinski definition) is 1. The lowest BCUT2D eigenvalue weighted by Crippen LogP contribution is -2.27. The molecule has 2 aromatic heterocycles. The summed E-state index contributed by atoms with van der Waals surface area (Å²) < 4.78 is 1.89. The highest BCUT2D eigenvalue weighted by Gasteiger charge is 2.25. The van der Waals surface area contributed by atoms with Gasteiger partial charge in [0.25, 0.3) is 0 Å². The second kappa shape index (κ2) is 5.82. The van der Waals surface area contributed by atoms with Crippen LogP contribution in [-0.4, -0.2) is 34.2 Å². The van der Waals surface area contributed by atoms with Gasteiger partial charge in [-0.1, -0.05) is 6.42 Å². The number of aromatic nitrogens is 3. The first-order valence-electron chi connectivity index (χ1n) is 8.49. The van der Waals surface area contributed by atoms with Gasteiger partial charge in [-0.2, -0.15) is 10.4 Å². The number of hydrogen-bond acceptors (Lipinski definition) is 5. The Labute approximate surface area is 136 Å². The van der Waals surface area contributed by atoms with Gasteiger partial charge < -0.3 is 10.2 Å². The molecule has 2 aliphatic heterocycles. The van der Waals surface area contributed by atoms with Crippen molar-refractivity contribution >= 4 is 11.5 Å². The molecule has 4 heterocycles. The van der Waals surface area contributed by atoms with E-state index in [0.717, 1.165) is 55.2 Å². The predicted octanol–water partition coefficient (Wildman–Crippen LogP) is 2.20. The number of fused-ring (bicyclic) bond motifs is 1. The molecule has 2 aliphatic rings. The van der Waals surface area contributed by atoms with Crippen LogP contribution in [0.25, 0.3) is 5.65 Å². The number of nitrogens with zero attached hydrogens (tertiary/aromatic N) is 5. The van der Waals surface area contributed by atoms with Crippen molar-refractivity contribution in [1.29, 1.82) is 5.26 Å². The van der Waals surface area contributed by atoms with Gasteiger partial charge in [0, 0.05) is 30.9 Å². The Bertz CT molecular complexity index is 752. The minimum atomic E-state index is 0.124. The first kappa shape index (κ1) is 14.5. The summed E-state index contributed by atoms with van der Waals surface area (Å²) >= 11 is 0. The van der Waals surface area contributed by atoms with E-state index >= 15 is 0 Å². The van der Waals surface area contributed by atoms with Crippen LogP contribution in [0.4, 0.5) is 5.82 Å². The van der Waals surface area contributed by atoms with E-state index in [1.54, 1.807) is 0 Å². The van der Waals surface area contributed by atoms with E-state index in [9.17, 15) is 0 Å². The third-order valence-electron chi connectivity index (χ3n) is 4.96. The molecule has 0 saturated carbocycles. The third kappa shape index (κ3) is 2.66. The van der Waals surface area contributed by atoms with Crippen molar-refractivity contribution < 1.29 is 0 Å². The molecular formula is C17H22N6. The number of aryl methyl sites for hydroxylation is 1. The molecule has 0 aliphatic carbocycles. The van der Waals surface area contributed by atoms with Gasteiger partial charge in [-0.05, 0) is 32.7 Å².